The third-order valence-electron chi connectivity index (χ3n) is 7.71. The van der Waals surface area contributed by atoms with Crippen molar-refractivity contribution in [1.29, 1.82) is 0 Å². The number of hydrogen-bond acceptors (Lipinski definition) is 2. The second-order valence-electron chi connectivity index (χ2n) is 10.3. The Labute approximate surface area is 184 Å². The summed E-state index contributed by atoms with van der Waals surface area (Å²) in [6, 6.07) is 4.43. The number of phenols is 1. The van der Waals surface area contributed by atoms with Gasteiger partial charge in [0.1, 0.15) is 11.5 Å². The van der Waals surface area contributed by atoms with E-state index < -0.39 is 0 Å². The molecule has 2 saturated carbocycles. The maximum Gasteiger partial charge on any atom is 0.133 e. The number of hydrogen-bond donors (Lipinski definition) is 1. The largest absolute Gasteiger partial charge is 0.508 e. The Hall–Kier alpha value is -1.31. The molecule has 2 fully saturated rings. The van der Waals surface area contributed by atoms with Gasteiger partial charge in [-0.05, 0) is 91.9 Å². The molecular formula is C28H44O2. The molecule has 0 spiro atoms. The van der Waals surface area contributed by atoms with Gasteiger partial charge in [-0.3, -0.25) is 4.79 Å². The van der Waals surface area contributed by atoms with Gasteiger partial charge in [0.25, 0.3) is 0 Å². The molecule has 0 amide bonds. The second kappa shape index (κ2) is 11.3. The first-order chi connectivity index (χ1) is 14.5. The summed E-state index contributed by atoms with van der Waals surface area (Å²) >= 11 is 0. The van der Waals surface area contributed by atoms with Gasteiger partial charge in [-0.25, -0.2) is 0 Å². The van der Waals surface area contributed by atoms with Crippen LogP contribution in [0.5, 0.6) is 5.75 Å². The van der Waals surface area contributed by atoms with Crippen molar-refractivity contribution in [2.45, 2.75) is 122 Å². The van der Waals surface area contributed by atoms with Gasteiger partial charge in [-0.1, -0.05) is 58.4 Å². The van der Waals surface area contributed by atoms with E-state index in [0.29, 0.717) is 35.2 Å². The average molecular weight is 413 g/mol. The first-order valence-electron chi connectivity index (χ1n) is 12.9. The van der Waals surface area contributed by atoms with Crippen LogP contribution in [0.2, 0.25) is 0 Å². The molecule has 1 N–H and O–H groups in total. The zero-order valence-electron chi connectivity index (χ0n) is 19.7. The summed E-state index contributed by atoms with van der Waals surface area (Å²) in [7, 11) is 0. The number of benzene rings is 1. The van der Waals surface area contributed by atoms with Gasteiger partial charge in [0.15, 0.2) is 0 Å². The Morgan fingerprint density at radius 3 is 2.33 bits per heavy atom. The van der Waals surface area contributed by atoms with Crippen LogP contribution in [0, 0.1) is 18.8 Å². The lowest BCUT2D eigenvalue weighted by Crippen LogP contribution is -2.26. The fourth-order valence-electron chi connectivity index (χ4n) is 5.81. The lowest BCUT2D eigenvalue weighted by atomic mass is 9.68. The molecule has 2 unspecified atom stereocenters. The van der Waals surface area contributed by atoms with Gasteiger partial charge in [0.2, 0.25) is 0 Å². The fraction of sp³-hybridized carbons (Fsp3) is 0.750. The molecular weight excluding hydrogens is 368 g/mol. The van der Waals surface area contributed by atoms with Crippen LogP contribution in [-0.4, -0.2) is 10.9 Å². The van der Waals surface area contributed by atoms with Crippen LogP contribution in [0.25, 0.3) is 0 Å². The molecule has 0 radical (unpaired) electrons. The summed E-state index contributed by atoms with van der Waals surface area (Å²) in [5.41, 5.74) is 3.81. The molecule has 30 heavy (non-hydrogen) atoms. The Kier molecular flexibility index (Phi) is 8.84. The number of phenolic OH excluding ortho intramolecular Hbond substituents is 1. The zero-order valence-corrected chi connectivity index (χ0v) is 19.7. The van der Waals surface area contributed by atoms with Crippen molar-refractivity contribution < 1.29 is 9.90 Å². The highest BCUT2D eigenvalue weighted by atomic mass is 16.3. The van der Waals surface area contributed by atoms with Crippen LogP contribution in [-0.2, 0) is 4.79 Å². The van der Waals surface area contributed by atoms with E-state index in [0.717, 1.165) is 25.7 Å². The monoisotopic (exact) mass is 412 g/mol. The van der Waals surface area contributed by atoms with E-state index in [9.17, 15) is 9.90 Å². The van der Waals surface area contributed by atoms with Crippen LogP contribution in [0.4, 0.5) is 0 Å². The molecule has 1 aromatic carbocycles. The molecule has 1 aromatic rings. The highest BCUT2D eigenvalue weighted by Crippen LogP contribution is 2.48. The quantitative estimate of drug-likeness (QED) is 0.351. The van der Waals surface area contributed by atoms with Crippen LogP contribution in [0.15, 0.2) is 12.1 Å². The van der Waals surface area contributed by atoms with Crippen LogP contribution in [0.3, 0.4) is 0 Å². The van der Waals surface area contributed by atoms with Crippen LogP contribution in [0.1, 0.15) is 132 Å². The first-order valence-corrected chi connectivity index (χ1v) is 12.9. The van der Waals surface area contributed by atoms with Crippen molar-refractivity contribution in [3.63, 3.8) is 0 Å². The lowest BCUT2D eigenvalue weighted by Gasteiger charge is -2.37. The third-order valence-corrected chi connectivity index (χ3v) is 7.71. The molecule has 2 nitrogen and oxygen atoms in total. The van der Waals surface area contributed by atoms with E-state index >= 15 is 0 Å². The zero-order chi connectivity index (χ0) is 21.5. The molecule has 3 rings (SSSR count). The molecule has 0 aliphatic heterocycles. The van der Waals surface area contributed by atoms with E-state index in [1.165, 1.54) is 80.9 Å². The fourth-order valence-corrected chi connectivity index (χ4v) is 5.81. The van der Waals surface area contributed by atoms with Crippen molar-refractivity contribution in [3.8, 4) is 5.75 Å². The summed E-state index contributed by atoms with van der Waals surface area (Å²) in [6.45, 7) is 6.67. The molecule has 0 aromatic heterocycles. The summed E-state index contributed by atoms with van der Waals surface area (Å²) in [4.78, 5) is 12.6. The van der Waals surface area contributed by atoms with Crippen molar-refractivity contribution in [1.82, 2.24) is 0 Å². The summed E-state index contributed by atoms with van der Waals surface area (Å²) in [6.07, 6.45) is 16.1. The number of unbranched alkanes of at least 4 members (excludes halogenated alkanes) is 4. The van der Waals surface area contributed by atoms with Crippen molar-refractivity contribution in [2.75, 3.05) is 0 Å². The normalized spacial score (nSPS) is 24.2. The SMILES string of the molecule is CCCCCCC(=O)CC1CCC(c2cc(C)c(C3CC3)c(O)c2)C[C@@H]1CCCC. The van der Waals surface area contributed by atoms with Gasteiger partial charge in [0.05, 0.1) is 0 Å². The predicted octanol–water partition coefficient (Wildman–Crippen LogP) is 8.20. The topological polar surface area (TPSA) is 37.3 Å². The van der Waals surface area contributed by atoms with Gasteiger partial charge in [0, 0.05) is 12.8 Å². The van der Waals surface area contributed by atoms with Crippen molar-refractivity contribution in [3.05, 3.63) is 28.8 Å². The number of aryl methyl sites for hydroxylation is 1. The highest BCUT2D eigenvalue weighted by Gasteiger charge is 2.33. The van der Waals surface area contributed by atoms with E-state index in [2.05, 4.69) is 32.9 Å². The van der Waals surface area contributed by atoms with Gasteiger partial charge in [-0.2, -0.15) is 0 Å². The van der Waals surface area contributed by atoms with Crippen molar-refractivity contribution >= 4 is 5.78 Å². The van der Waals surface area contributed by atoms with E-state index in [1.807, 2.05) is 0 Å². The first kappa shape index (κ1) is 23.4. The molecule has 0 heterocycles. The number of Topliss-reactive ketones (excluding diaryl/α,β-unsaturated/α-hetero) is 1. The minimum absolute atomic E-state index is 0.498. The lowest BCUT2D eigenvalue weighted by molar-refractivity contribution is -0.120. The summed E-state index contributed by atoms with van der Waals surface area (Å²) < 4.78 is 0. The summed E-state index contributed by atoms with van der Waals surface area (Å²) in [5.74, 6) is 3.40. The van der Waals surface area contributed by atoms with E-state index in [4.69, 9.17) is 0 Å². The standard InChI is InChI=1S/C28H44O2/c1-4-6-8-9-11-26(29)18-24-15-14-23(17-22(24)10-7-5-2)25-16-20(3)28(21-12-13-21)27(30)19-25/h16,19,21-24,30H,4-15,17-18H2,1-3H3/t22-,23?,24?/m0/s1. The second-order valence-corrected chi connectivity index (χ2v) is 10.3. The van der Waals surface area contributed by atoms with E-state index in [-0.39, 0.29) is 0 Å². The molecule has 2 aliphatic carbocycles. The number of ketones is 1. The van der Waals surface area contributed by atoms with Gasteiger partial charge >= 0.3 is 0 Å². The smallest absolute Gasteiger partial charge is 0.133 e. The number of carbonyl (C=O) groups is 1. The minimum atomic E-state index is 0.498. The molecule has 3 atom stereocenters. The number of rotatable bonds is 12. The Morgan fingerprint density at radius 2 is 1.67 bits per heavy atom. The molecule has 2 heteroatoms. The molecule has 0 saturated heterocycles. The maximum absolute atomic E-state index is 12.6. The minimum Gasteiger partial charge on any atom is -0.508 e. The number of carbonyl (C=O) groups excluding carboxylic acids is 1. The maximum atomic E-state index is 12.6. The Balaban J connectivity index is 1.62. The average Bonchev–Trinajstić information content (AvgIpc) is 3.55. The van der Waals surface area contributed by atoms with Gasteiger partial charge in [-0.15, -0.1) is 0 Å². The number of aromatic hydroxyl groups is 1. The Bertz CT molecular complexity index is 665. The predicted molar refractivity (Wildman–Crippen MR) is 126 cm³/mol. The van der Waals surface area contributed by atoms with Crippen LogP contribution >= 0.6 is 0 Å². The third kappa shape index (κ3) is 6.34. The van der Waals surface area contributed by atoms with Gasteiger partial charge < -0.3 is 5.11 Å². The molecule has 2 aliphatic rings. The molecule has 168 valence electrons. The highest BCUT2D eigenvalue weighted by molar-refractivity contribution is 5.78. The van der Waals surface area contributed by atoms with E-state index in [1.54, 1.807) is 0 Å². The van der Waals surface area contributed by atoms with Crippen LogP contribution < -0.4 is 0 Å². The van der Waals surface area contributed by atoms with Crippen molar-refractivity contribution in [2.24, 2.45) is 11.8 Å². The Morgan fingerprint density at radius 1 is 0.933 bits per heavy atom. The molecule has 0 bridgehead atoms. The summed E-state index contributed by atoms with van der Waals surface area (Å²) in [5, 5.41) is 10.7.